The van der Waals surface area contributed by atoms with E-state index in [2.05, 4.69) is 46.9 Å². The standard InChI is InChI=1S/C20H19N5/c1-15-11-20(23-22-15)19-8-4-6-17(21-19)12-16-5-3-7-18(13-16)25-10-9-24(2)14-25/h3-11,13H,12H2,1-2H3,(H,22,23). The maximum Gasteiger partial charge on any atom is 0.243 e. The van der Waals surface area contributed by atoms with Crippen LogP contribution in [0.1, 0.15) is 17.0 Å². The van der Waals surface area contributed by atoms with Crippen molar-refractivity contribution in [3.05, 3.63) is 84.2 Å². The summed E-state index contributed by atoms with van der Waals surface area (Å²) in [6.45, 7) is 1.99. The van der Waals surface area contributed by atoms with Gasteiger partial charge in [-0.3, -0.25) is 10.1 Å². The minimum atomic E-state index is 0.776. The molecule has 0 unspecified atom stereocenters. The summed E-state index contributed by atoms with van der Waals surface area (Å²) in [6, 6.07) is 16.5. The van der Waals surface area contributed by atoms with E-state index in [1.807, 2.05) is 53.7 Å². The number of nitrogens with one attached hydrogen (secondary N) is 1. The summed E-state index contributed by atoms with van der Waals surface area (Å²) in [5.41, 5.74) is 6.14. The number of aromatic nitrogens is 5. The van der Waals surface area contributed by atoms with E-state index in [1.54, 1.807) is 0 Å². The first-order valence-corrected chi connectivity index (χ1v) is 8.21. The Bertz CT molecular complexity index is 930. The zero-order valence-electron chi connectivity index (χ0n) is 14.3. The van der Waals surface area contributed by atoms with Gasteiger partial charge in [-0.1, -0.05) is 30.3 Å². The Morgan fingerprint density at radius 3 is 2.76 bits per heavy atom. The second-order valence-electron chi connectivity index (χ2n) is 6.18. The molecule has 25 heavy (non-hydrogen) atoms. The Hall–Kier alpha value is -3.21. The summed E-state index contributed by atoms with van der Waals surface area (Å²) in [4.78, 5) is 4.76. The lowest BCUT2D eigenvalue weighted by atomic mass is 10.1. The molecule has 0 spiro atoms. The van der Waals surface area contributed by atoms with Crippen molar-refractivity contribution in [3.8, 4) is 17.1 Å². The molecule has 0 saturated carbocycles. The number of H-pyrrole nitrogens is 1. The van der Waals surface area contributed by atoms with Gasteiger partial charge in [0.25, 0.3) is 0 Å². The maximum atomic E-state index is 4.76. The van der Waals surface area contributed by atoms with Gasteiger partial charge in [0.2, 0.25) is 6.33 Å². The van der Waals surface area contributed by atoms with Crippen molar-refractivity contribution in [3.63, 3.8) is 0 Å². The second-order valence-corrected chi connectivity index (χ2v) is 6.18. The SMILES string of the molecule is Cc1cc(-c2cccc(Cc3cccc(-n4[c-][n+](C)cc4)c3)n2)n[nH]1. The second kappa shape index (κ2) is 6.36. The van der Waals surface area contributed by atoms with Gasteiger partial charge in [-0.05, 0) is 30.7 Å². The Morgan fingerprint density at radius 2 is 2.00 bits per heavy atom. The van der Waals surface area contributed by atoms with Crippen LogP contribution in [0.25, 0.3) is 17.1 Å². The van der Waals surface area contributed by atoms with Gasteiger partial charge in [0.1, 0.15) is 5.69 Å². The molecule has 0 aliphatic rings. The molecule has 5 heteroatoms. The Balaban J connectivity index is 1.60. The van der Waals surface area contributed by atoms with Crippen molar-refractivity contribution in [2.24, 2.45) is 7.05 Å². The lowest BCUT2D eigenvalue weighted by Crippen LogP contribution is -2.24. The van der Waals surface area contributed by atoms with E-state index in [1.165, 1.54) is 5.56 Å². The molecule has 0 bridgehead atoms. The third kappa shape index (κ3) is 3.35. The molecule has 0 fully saturated rings. The zero-order chi connectivity index (χ0) is 17.2. The molecule has 0 saturated heterocycles. The van der Waals surface area contributed by atoms with Crippen LogP contribution in [0.15, 0.2) is 60.9 Å². The highest BCUT2D eigenvalue weighted by atomic mass is 15.1. The molecule has 1 aromatic carbocycles. The van der Waals surface area contributed by atoms with Crippen LogP contribution < -0.4 is 4.57 Å². The van der Waals surface area contributed by atoms with Gasteiger partial charge in [0.05, 0.1) is 18.4 Å². The van der Waals surface area contributed by atoms with E-state index in [0.29, 0.717) is 0 Å². The first kappa shape index (κ1) is 15.3. The van der Waals surface area contributed by atoms with Crippen molar-refractivity contribution < 1.29 is 4.57 Å². The van der Waals surface area contributed by atoms with Crippen LogP contribution in [0.3, 0.4) is 0 Å². The first-order chi connectivity index (χ1) is 12.2. The summed E-state index contributed by atoms with van der Waals surface area (Å²) < 4.78 is 3.89. The maximum absolute atomic E-state index is 4.76. The Kier molecular flexibility index (Phi) is 3.90. The normalized spacial score (nSPS) is 11.0. The van der Waals surface area contributed by atoms with E-state index in [0.717, 1.165) is 34.9 Å². The number of hydrogen-bond acceptors (Lipinski definition) is 2. The number of aromatic amines is 1. The van der Waals surface area contributed by atoms with Crippen molar-refractivity contribution in [2.75, 3.05) is 0 Å². The number of rotatable bonds is 4. The Labute approximate surface area is 146 Å². The van der Waals surface area contributed by atoms with Crippen LogP contribution in [0, 0.1) is 13.3 Å². The number of benzene rings is 1. The lowest BCUT2D eigenvalue weighted by molar-refractivity contribution is -0.674. The number of nitrogens with zero attached hydrogens (tertiary/aromatic N) is 4. The molecule has 0 aliphatic carbocycles. The predicted molar refractivity (Wildman–Crippen MR) is 95.1 cm³/mol. The third-order valence-electron chi connectivity index (χ3n) is 4.05. The minimum Gasteiger partial charge on any atom is -0.326 e. The van der Waals surface area contributed by atoms with Gasteiger partial charge in [0.15, 0.2) is 0 Å². The Morgan fingerprint density at radius 1 is 1.12 bits per heavy atom. The molecule has 124 valence electrons. The first-order valence-electron chi connectivity index (χ1n) is 8.21. The molecule has 3 heterocycles. The van der Waals surface area contributed by atoms with Crippen molar-refractivity contribution in [2.45, 2.75) is 13.3 Å². The van der Waals surface area contributed by atoms with Crippen molar-refractivity contribution >= 4 is 0 Å². The quantitative estimate of drug-likeness (QED) is 0.462. The number of pyridine rings is 1. The highest BCUT2D eigenvalue weighted by Crippen LogP contribution is 2.18. The zero-order valence-corrected chi connectivity index (χ0v) is 14.3. The van der Waals surface area contributed by atoms with Gasteiger partial charge in [-0.15, -0.1) is 0 Å². The smallest absolute Gasteiger partial charge is 0.243 e. The van der Waals surface area contributed by atoms with Crippen LogP contribution in [0.2, 0.25) is 0 Å². The predicted octanol–water partition coefficient (Wildman–Crippen LogP) is 2.79. The molecule has 0 amide bonds. The van der Waals surface area contributed by atoms with Gasteiger partial charge in [-0.2, -0.15) is 5.10 Å². The number of hydrogen-bond donors (Lipinski definition) is 1. The van der Waals surface area contributed by atoms with E-state index in [-0.39, 0.29) is 0 Å². The van der Waals surface area contributed by atoms with Crippen molar-refractivity contribution in [1.29, 1.82) is 0 Å². The summed E-state index contributed by atoms with van der Waals surface area (Å²) >= 11 is 0. The molecular formula is C20H19N5. The van der Waals surface area contributed by atoms with Gasteiger partial charge < -0.3 is 9.13 Å². The molecule has 0 atom stereocenters. The van der Waals surface area contributed by atoms with E-state index >= 15 is 0 Å². The molecule has 4 rings (SSSR count). The monoisotopic (exact) mass is 329 g/mol. The average molecular weight is 329 g/mol. The summed E-state index contributed by atoms with van der Waals surface area (Å²) in [5, 5.41) is 7.26. The van der Waals surface area contributed by atoms with E-state index in [4.69, 9.17) is 4.98 Å². The molecule has 1 N–H and O–H groups in total. The molecular weight excluding hydrogens is 310 g/mol. The largest absolute Gasteiger partial charge is 0.326 e. The molecule has 3 aromatic heterocycles. The molecule has 0 radical (unpaired) electrons. The fraction of sp³-hybridized carbons (Fsp3) is 0.150. The molecule has 4 aromatic rings. The average Bonchev–Trinajstić information content (AvgIpc) is 3.24. The number of aryl methyl sites for hydroxylation is 2. The summed E-state index contributed by atoms with van der Waals surface area (Å²) in [5.74, 6) is 0. The fourth-order valence-electron chi connectivity index (χ4n) is 2.84. The van der Waals surface area contributed by atoms with Gasteiger partial charge >= 0.3 is 0 Å². The van der Waals surface area contributed by atoms with Crippen LogP contribution in [0.4, 0.5) is 0 Å². The number of imidazole rings is 1. The topological polar surface area (TPSA) is 50.4 Å². The minimum absolute atomic E-state index is 0.776. The van der Waals surface area contributed by atoms with Crippen LogP contribution in [-0.2, 0) is 13.5 Å². The molecule has 0 aliphatic heterocycles. The highest BCUT2D eigenvalue weighted by molar-refractivity contribution is 5.54. The third-order valence-corrected chi connectivity index (χ3v) is 4.05. The lowest BCUT2D eigenvalue weighted by Gasteiger charge is -2.07. The van der Waals surface area contributed by atoms with Crippen LogP contribution >= 0.6 is 0 Å². The summed E-state index contributed by atoms with van der Waals surface area (Å²) in [7, 11) is 1.96. The fourth-order valence-corrected chi connectivity index (χ4v) is 2.84. The molecule has 5 nitrogen and oxygen atoms in total. The van der Waals surface area contributed by atoms with Crippen LogP contribution in [0.5, 0.6) is 0 Å². The highest BCUT2D eigenvalue weighted by Gasteiger charge is 2.06. The van der Waals surface area contributed by atoms with Gasteiger partial charge in [-0.25, -0.2) is 0 Å². The van der Waals surface area contributed by atoms with E-state index < -0.39 is 0 Å². The van der Waals surface area contributed by atoms with E-state index in [9.17, 15) is 0 Å². The van der Waals surface area contributed by atoms with Crippen LogP contribution in [-0.4, -0.2) is 19.7 Å². The summed E-state index contributed by atoms with van der Waals surface area (Å²) in [6.07, 6.45) is 7.97. The van der Waals surface area contributed by atoms with Gasteiger partial charge in [0, 0.05) is 30.2 Å². The van der Waals surface area contributed by atoms with Crippen molar-refractivity contribution in [1.82, 2.24) is 19.7 Å².